The van der Waals surface area contributed by atoms with Crippen molar-refractivity contribution in [2.45, 2.75) is 20.8 Å². The molecule has 1 rings (SSSR count). The lowest BCUT2D eigenvalue weighted by molar-refractivity contribution is 1.30. The Kier molecular flexibility index (Phi) is 3.56. The van der Waals surface area contributed by atoms with Gasteiger partial charge in [-0.05, 0) is 37.5 Å². The molecule has 1 aromatic rings. The van der Waals surface area contributed by atoms with Crippen LogP contribution in [0.25, 0.3) is 6.08 Å². The molecular formula is C12H15Cl. The van der Waals surface area contributed by atoms with Gasteiger partial charge in [-0.3, -0.25) is 0 Å². The topological polar surface area (TPSA) is 0 Å². The fourth-order valence-corrected chi connectivity index (χ4v) is 1.71. The number of benzene rings is 1. The van der Waals surface area contributed by atoms with E-state index in [0.29, 0.717) is 5.88 Å². The smallest absolute Gasteiger partial charge is 0.0407 e. The first kappa shape index (κ1) is 10.3. The van der Waals surface area contributed by atoms with Gasteiger partial charge in [0, 0.05) is 5.88 Å². The predicted molar refractivity (Wildman–Crippen MR) is 60.4 cm³/mol. The van der Waals surface area contributed by atoms with Gasteiger partial charge < -0.3 is 0 Å². The highest BCUT2D eigenvalue weighted by atomic mass is 35.5. The quantitative estimate of drug-likeness (QED) is 0.628. The van der Waals surface area contributed by atoms with Gasteiger partial charge >= 0.3 is 0 Å². The van der Waals surface area contributed by atoms with Gasteiger partial charge in [0.2, 0.25) is 0 Å². The van der Waals surface area contributed by atoms with E-state index in [9.17, 15) is 0 Å². The van der Waals surface area contributed by atoms with Crippen LogP contribution in [0, 0.1) is 20.8 Å². The molecule has 0 spiro atoms. The van der Waals surface area contributed by atoms with Crippen LogP contribution in [0.2, 0.25) is 0 Å². The van der Waals surface area contributed by atoms with Crippen molar-refractivity contribution in [3.05, 3.63) is 40.5 Å². The van der Waals surface area contributed by atoms with Crippen molar-refractivity contribution in [3.8, 4) is 0 Å². The Hall–Kier alpha value is -0.750. The summed E-state index contributed by atoms with van der Waals surface area (Å²) in [4.78, 5) is 0. The molecule has 0 aromatic heterocycles. The Balaban J connectivity index is 3.13. The first-order valence-corrected chi connectivity index (χ1v) is 4.99. The van der Waals surface area contributed by atoms with Crippen LogP contribution in [-0.4, -0.2) is 5.88 Å². The zero-order valence-corrected chi connectivity index (χ0v) is 9.15. The molecule has 13 heavy (non-hydrogen) atoms. The second-order valence-corrected chi connectivity index (χ2v) is 3.68. The fraction of sp³-hybridized carbons (Fsp3) is 0.333. The molecule has 0 aliphatic rings. The van der Waals surface area contributed by atoms with Crippen LogP contribution in [0.15, 0.2) is 18.2 Å². The van der Waals surface area contributed by atoms with Gasteiger partial charge in [-0.25, -0.2) is 0 Å². The molecule has 0 bridgehead atoms. The molecule has 0 radical (unpaired) electrons. The Morgan fingerprint density at radius 2 is 1.69 bits per heavy atom. The molecule has 0 aliphatic heterocycles. The van der Waals surface area contributed by atoms with Gasteiger partial charge in [-0.15, -0.1) is 11.6 Å². The third kappa shape index (κ3) is 2.60. The molecule has 0 saturated heterocycles. The second kappa shape index (κ2) is 4.48. The van der Waals surface area contributed by atoms with Crippen molar-refractivity contribution in [2.75, 3.05) is 5.88 Å². The van der Waals surface area contributed by atoms with E-state index in [2.05, 4.69) is 39.0 Å². The maximum Gasteiger partial charge on any atom is 0.0407 e. The molecule has 1 heteroatoms. The maximum absolute atomic E-state index is 5.60. The maximum atomic E-state index is 5.60. The highest BCUT2D eigenvalue weighted by molar-refractivity contribution is 6.19. The molecule has 0 N–H and O–H groups in total. The van der Waals surface area contributed by atoms with Gasteiger partial charge in [0.05, 0.1) is 0 Å². The number of aryl methyl sites for hydroxylation is 3. The second-order valence-electron chi connectivity index (χ2n) is 3.37. The van der Waals surface area contributed by atoms with Crippen molar-refractivity contribution >= 4 is 17.7 Å². The van der Waals surface area contributed by atoms with Gasteiger partial charge in [0.1, 0.15) is 0 Å². The minimum absolute atomic E-state index is 0.576. The number of alkyl halides is 1. The lowest BCUT2D eigenvalue weighted by atomic mass is 10.00. The van der Waals surface area contributed by atoms with E-state index < -0.39 is 0 Å². The van der Waals surface area contributed by atoms with Crippen LogP contribution >= 0.6 is 11.6 Å². The summed E-state index contributed by atoms with van der Waals surface area (Å²) < 4.78 is 0. The summed E-state index contributed by atoms with van der Waals surface area (Å²) in [5.74, 6) is 0.576. The molecule has 1 aromatic carbocycles. The third-order valence-corrected chi connectivity index (χ3v) is 2.29. The monoisotopic (exact) mass is 194 g/mol. The molecule has 0 saturated carbocycles. The molecule has 70 valence electrons. The van der Waals surface area contributed by atoms with Crippen molar-refractivity contribution < 1.29 is 0 Å². The van der Waals surface area contributed by atoms with Crippen LogP contribution in [0.3, 0.4) is 0 Å². The van der Waals surface area contributed by atoms with Crippen LogP contribution in [0.1, 0.15) is 22.3 Å². The van der Waals surface area contributed by atoms with Gasteiger partial charge in [-0.1, -0.05) is 29.8 Å². The lowest BCUT2D eigenvalue weighted by Crippen LogP contribution is -1.88. The highest BCUT2D eigenvalue weighted by Crippen LogP contribution is 2.17. The highest BCUT2D eigenvalue weighted by Gasteiger charge is 1.99. The fourth-order valence-electron chi connectivity index (χ4n) is 1.62. The van der Waals surface area contributed by atoms with Crippen LogP contribution < -0.4 is 0 Å². The summed E-state index contributed by atoms with van der Waals surface area (Å²) in [6, 6.07) is 4.39. The molecule has 0 atom stereocenters. The van der Waals surface area contributed by atoms with Gasteiger partial charge in [-0.2, -0.15) is 0 Å². The number of halogens is 1. The van der Waals surface area contributed by atoms with Crippen LogP contribution in [0.4, 0.5) is 0 Å². The van der Waals surface area contributed by atoms with E-state index in [0.717, 1.165) is 0 Å². The van der Waals surface area contributed by atoms with E-state index >= 15 is 0 Å². The molecule has 0 amide bonds. The van der Waals surface area contributed by atoms with E-state index in [1.165, 1.54) is 22.3 Å². The summed E-state index contributed by atoms with van der Waals surface area (Å²) in [7, 11) is 0. The van der Waals surface area contributed by atoms with Crippen LogP contribution in [-0.2, 0) is 0 Å². The first-order valence-electron chi connectivity index (χ1n) is 4.45. The molecular weight excluding hydrogens is 180 g/mol. The molecule has 0 aliphatic carbocycles. The first-order chi connectivity index (χ1) is 6.15. The summed E-state index contributed by atoms with van der Waals surface area (Å²) >= 11 is 5.60. The molecule has 0 nitrogen and oxygen atoms in total. The average molecular weight is 195 g/mol. The molecule has 0 fully saturated rings. The summed E-state index contributed by atoms with van der Waals surface area (Å²) in [5, 5.41) is 0. The van der Waals surface area contributed by atoms with E-state index in [4.69, 9.17) is 11.6 Å². The number of hydrogen-bond acceptors (Lipinski definition) is 0. The minimum Gasteiger partial charge on any atom is -0.122 e. The van der Waals surface area contributed by atoms with Crippen molar-refractivity contribution in [3.63, 3.8) is 0 Å². The minimum atomic E-state index is 0.576. The summed E-state index contributed by atoms with van der Waals surface area (Å²) in [6.07, 6.45) is 4.07. The Morgan fingerprint density at radius 1 is 1.15 bits per heavy atom. The predicted octanol–water partition coefficient (Wildman–Crippen LogP) is 3.86. The third-order valence-electron chi connectivity index (χ3n) is 2.11. The van der Waals surface area contributed by atoms with Crippen molar-refractivity contribution in [1.82, 2.24) is 0 Å². The van der Waals surface area contributed by atoms with E-state index in [-0.39, 0.29) is 0 Å². The normalized spacial score (nSPS) is 11.1. The van der Waals surface area contributed by atoms with Crippen LogP contribution in [0.5, 0.6) is 0 Å². The summed E-state index contributed by atoms with van der Waals surface area (Å²) in [6.45, 7) is 6.39. The summed E-state index contributed by atoms with van der Waals surface area (Å²) in [5.41, 5.74) is 5.25. The van der Waals surface area contributed by atoms with Gasteiger partial charge in [0.25, 0.3) is 0 Å². The zero-order valence-electron chi connectivity index (χ0n) is 8.39. The average Bonchev–Trinajstić information content (AvgIpc) is 2.02. The Morgan fingerprint density at radius 3 is 2.15 bits per heavy atom. The number of allylic oxidation sites excluding steroid dienone is 1. The van der Waals surface area contributed by atoms with Gasteiger partial charge in [0.15, 0.2) is 0 Å². The Labute approximate surface area is 85.2 Å². The SMILES string of the molecule is Cc1cc(C)c(C=CCCl)c(C)c1. The zero-order chi connectivity index (χ0) is 9.84. The number of hydrogen-bond donors (Lipinski definition) is 0. The van der Waals surface area contributed by atoms with Crippen molar-refractivity contribution in [1.29, 1.82) is 0 Å². The number of rotatable bonds is 2. The Bertz CT molecular complexity index is 301. The van der Waals surface area contributed by atoms with E-state index in [1.807, 2.05) is 6.08 Å². The van der Waals surface area contributed by atoms with Crippen molar-refractivity contribution in [2.24, 2.45) is 0 Å². The standard InChI is InChI=1S/C12H15Cl/c1-9-7-10(2)12(5-4-6-13)11(3)8-9/h4-5,7-8H,6H2,1-3H3. The largest absolute Gasteiger partial charge is 0.122 e. The molecule has 0 heterocycles. The lowest BCUT2D eigenvalue weighted by Gasteiger charge is -2.06. The van der Waals surface area contributed by atoms with E-state index in [1.54, 1.807) is 0 Å². The molecule has 0 unspecified atom stereocenters.